The van der Waals surface area contributed by atoms with Gasteiger partial charge in [0.05, 0.1) is 29.9 Å². The van der Waals surface area contributed by atoms with Crippen LogP contribution in [-0.4, -0.2) is 27.6 Å². The number of methoxy groups -OCH3 is 1. The Bertz CT molecular complexity index is 1080. The standard InChI is InChI=1S/C18H15BrN4O2/c1-25-16-3-2-11(13-4-6-20-17(13)16)9-21-18(24)14-10-22-23-7-5-12(19)8-15(14)23/h2-8,10,20H,9H2,1H3,(H,21,24). The van der Waals surface area contributed by atoms with Crippen LogP contribution in [0.5, 0.6) is 5.75 Å². The second-order valence-corrected chi connectivity index (χ2v) is 6.52. The molecule has 0 spiro atoms. The number of carbonyl (C=O) groups excluding carboxylic acids is 1. The third-order valence-electron chi connectivity index (χ3n) is 4.16. The molecule has 0 radical (unpaired) electrons. The van der Waals surface area contributed by atoms with Gasteiger partial charge in [-0.1, -0.05) is 22.0 Å². The highest BCUT2D eigenvalue weighted by Gasteiger charge is 2.14. The number of aromatic amines is 1. The van der Waals surface area contributed by atoms with E-state index in [1.165, 1.54) is 0 Å². The molecule has 3 aromatic heterocycles. The third-order valence-corrected chi connectivity index (χ3v) is 4.66. The van der Waals surface area contributed by atoms with E-state index in [0.717, 1.165) is 32.2 Å². The van der Waals surface area contributed by atoms with E-state index in [-0.39, 0.29) is 5.91 Å². The van der Waals surface area contributed by atoms with E-state index in [2.05, 4.69) is 31.3 Å². The molecule has 0 atom stereocenters. The van der Waals surface area contributed by atoms with E-state index >= 15 is 0 Å². The van der Waals surface area contributed by atoms with Crippen LogP contribution in [0.1, 0.15) is 15.9 Å². The maximum Gasteiger partial charge on any atom is 0.255 e. The molecule has 2 N–H and O–H groups in total. The smallest absolute Gasteiger partial charge is 0.255 e. The van der Waals surface area contributed by atoms with Gasteiger partial charge in [-0.15, -0.1) is 0 Å². The van der Waals surface area contributed by atoms with Crippen LogP contribution in [0.3, 0.4) is 0 Å². The number of aromatic nitrogens is 3. The number of nitrogens with zero attached hydrogens (tertiary/aromatic N) is 2. The van der Waals surface area contributed by atoms with Crippen LogP contribution < -0.4 is 10.1 Å². The van der Waals surface area contributed by atoms with Crippen molar-refractivity contribution in [2.45, 2.75) is 6.54 Å². The van der Waals surface area contributed by atoms with Crippen LogP contribution in [0.25, 0.3) is 16.4 Å². The molecular weight excluding hydrogens is 384 g/mol. The average molecular weight is 399 g/mol. The van der Waals surface area contributed by atoms with Gasteiger partial charge in [-0.25, -0.2) is 4.52 Å². The maximum absolute atomic E-state index is 12.6. The number of pyridine rings is 1. The van der Waals surface area contributed by atoms with Gasteiger partial charge in [0, 0.05) is 28.8 Å². The highest BCUT2D eigenvalue weighted by Crippen LogP contribution is 2.27. The molecule has 3 heterocycles. The lowest BCUT2D eigenvalue weighted by molar-refractivity contribution is 0.0952. The summed E-state index contributed by atoms with van der Waals surface area (Å²) in [6.45, 7) is 0.419. The Morgan fingerprint density at radius 1 is 1.36 bits per heavy atom. The number of hydrogen-bond acceptors (Lipinski definition) is 3. The van der Waals surface area contributed by atoms with Crippen LogP contribution in [0.4, 0.5) is 0 Å². The summed E-state index contributed by atoms with van der Waals surface area (Å²) < 4.78 is 7.93. The number of hydrogen-bond donors (Lipinski definition) is 2. The topological polar surface area (TPSA) is 71.4 Å². The number of carbonyl (C=O) groups is 1. The normalized spacial score (nSPS) is 11.1. The molecule has 0 bridgehead atoms. The van der Waals surface area contributed by atoms with Crippen LogP contribution in [-0.2, 0) is 6.54 Å². The average Bonchev–Trinajstić information content (AvgIpc) is 3.26. The van der Waals surface area contributed by atoms with E-state index in [9.17, 15) is 4.79 Å². The summed E-state index contributed by atoms with van der Waals surface area (Å²) in [6.07, 6.45) is 5.25. The predicted molar refractivity (Wildman–Crippen MR) is 98.9 cm³/mol. The first-order valence-corrected chi connectivity index (χ1v) is 8.50. The molecule has 1 aromatic carbocycles. The summed E-state index contributed by atoms with van der Waals surface area (Å²) in [4.78, 5) is 15.8. The molecule has 0 aliphatic heterocycles. The van der Waals surface area contributed by atoms with Crippen molar-refractivity contribution in [1.82, 2.24) is 19.9 Å². The van der Waals surface area contributed by atoms with Crippen LogP contribution >= 0.6 is 15.9 Å². The van der Waals surface area contributed by atoms with Gasteiger partial charge in [0.15, 0.2) is 0 Å². The Morgan fingerprint density at radius 2 is 2.24 bits per heavy atom. The van der Waals surface area contributed by atoms with Crippen molar-refractivity contribution >= 4 is 38.3 Å². The summed E-state index contributed by atoms with van der Waals surface area (Å²) in [5, 5.41) is 8.21. The van der Waals surface area contributed by atoms with Crippen molar-refractivity contribution in [1.29, 1.82) is 0 Å². The molecule has 0 saturated carbocycles. The van der Waals surface area contributed by atoms with Crippen molar-refractivity contribution < 1.29 is 9.53 Å². The molecule has 25 heavy (non-hydrogen) atoms. The van der Waals surface area contributed by atoms with Crippen LogP contribution in [0.15, 0.2) is 53.4 Å². The lowest BCUT2D eigenvalue weighted by Crippen LogP contribution is -2.22. The number of nitrogens with one attached hydrogen (secondary N) is 2. The fourth-order valence-corrected chi connectivity index (χ4v) is 3.25. The van der Waals surface area contributed by atoms with Crippen LogP contribution in [0.2, 0.25) is 0 Å². The molecule has 4 aromatic rings. The van der Waals surface area contributed by atoms with Gasteiger partial charge in [0.2, 0.25) is 0 Å². The van der Waals surface area contributed by atoms with Gasteiger partial charge in [-0.3, -0.25) is 4.79 Å². The summed E-state index contributed by atoms with van der Waals surface area (Å²) in [5.74, 6) is 0.621. The predicted octanol–water partition coefficient (Wildman–Crippen LogP) is 3.52. The van der Waals surface area contributed by atoms with Gasteiger partial charge < -0.3 is 15.0 Å². The second-order valence-electron chi connectivity index (χ2n) is 5.61. The highest BCUT2D eigenvalue weighted by atomic mass is 79.9. The Morgan fingerprint density at radius 3 is 3.08 bits per heavy atom. The minimum absolute atomic E-state index is 0.160. The summed E-state index contributed by atoms with van der Waals surface area (Å²) in [6, 6.07) is 9.59. The SMILES string of the molecule is COc1ccc(CNC(=O)c2cnn3ccc(Br)cc23)c2cc[nH]c12. The van der Waals surface area contributed by atoms with E-state index in [0.29, 0.717) is 12.1 Å². The summed E-state index contributed by atoms with van der Waals surface area (Å²) in [5.41, 5.74) is 3.24. The Balaban J connectivity index is 1.60. The van der Waals surface area contributed by atoms with Crippen molar-refractivity contribution in [2.24, 2.45) is 0 Å². The number of H-pyrrole nitrogens is 1. The Hall–Kier alpha value is -2.80. The number of benzene rings is 1. The fourth-order valence-electron chi connectivity index (χ4n) is 2.92. The van der Waals surface area contributed by atoms with E-state index in [4.69, 9.17) is 4.74 Å². The van der Waals surface area contributed by atoms with Crippen LogP contribution in [0, 0.1) is 0 Å². The zero-order valence-corrected chi connectivity index (χ0v) is 15.0. The zero-order chi connectivity index (χ0) is 17.4. The Labute approximate surface area is 151 Å². The minimum atomic E-state index is -0.160. The molecule has 4 rings (SSSR count). The quantitative estimate of drug-likeness (QED) is 0.552. The van der Waals surface area contributed by atoms with E-state index in [1.54, 1.807) is 17.8 Å². The van der Waals surface area contributed by atoms with Gasteiger partial charge in [0.25, 0.3) is 5.91 Å². The van der Waals surface area contributed by atoms with Crippen molar-refractivity contribution in [3.63, 3.8) is 0 Å². The van der Waals surface area contributed by atoms with Gasteiger partial charge >= 0.3 is 0 Å². The first-order valence-electron chi connectivity index (χ1n) is 7.71. The van der Waals surface area contributed by atoms with Crippen molar-refractivity contribution in [3.8, 4) is 5.75 Å². The van der Waals surface area contributed by atoms with Gasteiger partial charge in [0.1, 0.15) is 5.75 Å². The van der Waals surface area contributed by atoms with E-state index in [1.807, 2.05) is 42.7 Å². The lowest BCUT2D eigenvalue weighted by Gasteiger charge is -2.08. The molecule has 0 aliphatic rings. The van der Waals surface area contributed by atoms with Crippen molar-refractivity contribution in [2.75, 3.05) is 7.11 Å². The Kier molecular flexibility index (Phi) is 3.93. The molecule has 0 unspecified atom stereocenters. The second kappa shape index (κ2) is 6.25. The maximum atomic E-state index is 12.6. The number of halogens is 1. The number of amides is 1. The van der Waals surface area contributed by atoms with Crippen molar-refractivity contribution in [3.05, 3.63) is 64.5 Å². The molecule has 7 heteroatoms. The van der Waals surface area contributed by atoms with Gasteiger partial charge in [-0.2, -0.15) is 5.10 Å². The highest BCUT2D eigenvalue weighted by molar-refractivity contribution is 9.10. The number of fused-ring (bicyclic) bond motifs is 2. The fraction of sp³-hybridized carbons (Fsp3) is 0.111. The number of ether oxygens (including phenoxy) is 1. The molecule has 6 nitrogen and oxygen atoms in total. The van der Waals surface area contributed by atoms with Gasteiger partial charge in [-0.05, 0) is 29.8 Å². The third kappa shape index (κ3) is 2.76. The first-order chi connectivity index (χ1) is 12.2. The molecule has 1 amide bonds. The summed E-state index contributed by atoms with van der Waals surface area (Å²) in [7, 11) is 1.64. The van der Waals surface area contributed by atoms with E-state index < -0.39 is 0 Å². The number of rotatable bonds is 4. The monoisotopic (exact) mass is 398 g/mol. The molecule has 126 valence electrons. The molecule has 0 saturated heterocycles. The summed E-state index contributed by atoms with van der Waals surface area (Å²) >= 11 is 3.42. The lowest BCUT2D eigenvalue weighted by atomic mass is 10.1. The minimum Gasteiger partial charge on any atom is -0.495 e. The molecule has 0 aliphatic carbocycles. The molecular formula is C18H15BrN4O2. The zero-order valence-electron chi connectivity index (χ0n) is 13.4. The molecule has 0 fully saturated rings. The largest absolute Gasteiger partial charge is 0.495 e. The first kappa shape index (κ1) is 15.7.